The number of nitro benzene ring substituents is 1. The van der Waals surface area contributed by atoms with Crippen LogP contribution in [0.1, 0.15) is 40.9 Å². The van der Waals surface area contributed by atoms with Crippen LogP contribution in [0.2, 0.25) is 0 Å². The van der Waals surface area contributed by atoms with Gasteiger partial charge in [-0.15, -0.1) is 0 Å². The Morgan fingerprint density at radius 1 is 1.36 bits per heavy atom. The molecule has 0 saturated carbocycles. The summed E-state index contributed by atoms with van der Waals surface area (Å²) in [5.74, 6) is -0.513. The number of rotatable bonds is 7. The molecule has 1 aliphatic heterocycles. The molecule has 1 aromatic heterocycles. The number of carbonyl (C=O) groups is 1. The maximum absolute atomic E-state index is 13.4. The van der Waals surface area contributed by atoms with Gasteiger partial charge in [0.15, 0.2) is 5.16 Å². The Balaban J connectivity index is 1.77. The van der Waals surface area contributed by atoms with Crippen molar-refractivity contribution in [1.82, 2.24) is 9.55 Å². The van der Waals surface area contributed by atoms with Crippen LogP contribution in [0.15, 0.2) is 52.4 Å². The van der Waals surface area contributed by atoms with Crippen molar-refractivity contribution in [3.63, 3.8) is 0 Å². The standard InChI is InChI=1S/C23H23N3O6S/c1-14(15-5-3-6-17(11-15)26(29)30)33-23-24-20-12-16(22(28)31-2)8-9-19(20)21(27)25(23)13-18-7-4-10-32-18/h3,5-6,8-9,11-12,14,18H,4,7,10,13H2,1-2H3/t14-,18+/m1/s1. The maximum Gasteiger partial charge on any atom is 0.337 e. The van der Waals surface area contributed by atoms with Crippen LogP contribution in [-0.2, 0) is 16.0 Å². The van der Waals surface area contributed by atoms with Crippen molar-refractivity contribution in [2.24, 2.45) is 0 Å². The van der Waals surface area contributed by atoms with Gasteiger partial charge in [-0.05, 0) is 43.5 Å². The summed E-state index contributed by atoms with van der Waals surface area (Å²) < 4.78 is 12.1. The number of hydrogen-bond donors (Lipinski definition) is 0. The van der Waals surface area contributed by atoms with Gasteiger partial charge in [0.25, 0.3) is 11.2 Å². The summed E-state index contributed by atoms with van der Waals surface area (Å²) in [4.78, 5) is 40.8. The third kappa shape index (κ3) is 4.91. The van der Waals surface area contributed by atoms with Crippen molar-refractivity contribution < 1.29 is 19.2 Å². The number of benzene rings is 2. The number of thioether (sulfide) groups is 1. The van der Waals surface area contributed by atoms with Crippen LogP contribution in [0, 0.1) is 10.1 Å². The van der Waals surface area contributed by atoms with E-state index in [2.05, 4.69) is 0 Å². The topological polar surface area (TPSA) is 114 Å². The Kier molecular flexibility index (Phi) is 6.75. The summed E-state index contributed by atoms with van der Waals surface area (Å²) in [5.41, 5.74) is 1.22. The Morgan fingerprint density at radius 2 is 2.18 bits per heavy atom. The molecule has 0 amide bonds. The van der Waals surface area contributed by atoms with Crippen LogP contribution >= 0.6 is 11.8 Å². The molecule has 2 heterocycles. The zero-order valence-electron chi connectivity index (χ0n) is 18.2. The first-order chi connectivity index (χ1) is 15.9. The fraction of sp³-hybridized carbons (Fsp3) is 0.348. The molecule has 0 bridgehead atoms. The van der Waals surface area contributed by atoms with E-state index in [-0.39, 0.29) is 22.6 Å². The van der Waals surface area contributed by atoms with Gasteiger partial charge in [-0.25, -0.2) is 9.78 Å². The summed E-state index contributed by atoms with van der Waals surface area (Å²) >= 11 is 1.33. The zero-order valence-corrected chi connectivity index (χ0v) is 19.0. The number of nitrogens with zero attached hydrogens (tertiary/aromatic N) is 3. The molecule has 3 aromatic rings. The Labute approximate surface area is 193 Å². The highest BCUT2D eigenvalue weighted by molar-refractivity contribution is 7.99. The summed E-state index contributed by atoms with van der Waals surface area (Å²) in [6.07, 6.45) is 1.72. The molecule has 2 aromatic carbocycles. The van der Waals surface area contributed by atoms with Gasteiger partial charge < -0.3 is 9.47 Å². The van der Waals surface area contributed by atoms with Crippen LogP contribution in [0.5, 0.6) is 0 Å². The average molecular weight is 470 g/mol. The third-order valence-electron chi connectivity index (χ3n) is 5.58. The SMILES string of the molecule is COC(=O)c1ccc2c(=O)n(C[C@@H]3CCCO3)c(S[C@H](C)c3cccc([N+](=O)[O-])c3)nc2c1. The van der Waals surface area contributed by atoms with Crippen molar-refractivity contribution in [3.8, 4) is 0 Å². The van der Waals surface area contributed by atoms with E-state index in [4.69, 9.17) is 14.5 Å². The average Bonchev–Trinajstić information content (AvgIpc) is 3.34. The van der Waals surface area contributed by atoms with Gasteiger partial charge >= 0.3 is 5.97 Å². The molecule has 0 spiro atoms. The molecule has 0 radical (unpaired) electrons. The van der Waals surface area contributed by atoms with Crippen LogP contribution in [0.25, 0.3) is 10.9 Å². The quantitative estimate of drug-likeness (QED) is 0.167. The number of ether oxygens (including phenoxy) is 2. The van der Waals surface area contributed by atoms with E-state index in [1.54, 1.807) is 28.8 Å². The number of aromatic nitrogens is 2. The van der Waals surface area contributed by atoms with E-state index in [0.717, 1.165) is 18.4 Å². The van der Waals surface area contributed by atoms with Crippen molar-refractivity contribution in [1.29, 1.82) is 0 Å². The van der Waals surface area contributed by atoms with Crippen LogP contribution in [-0.4, -0.2) is 40.3 Å². The second kappa shape index (κ2) is 9.72. The lowest BCUT2D eigenvalue weighted by Crippen LogP contribution is -2.29. The molecule has 10 heteroatoms. The minimum Gasteiger partial charge on any atom is -0.465 e. The van der Waals surface area contributed by atoms with Crippen LogP contribution < -0.4 is 5.56 Å². The monoisotopic (exact) mass is 469 g/mol. The highest BCUT2D eigenvalue weighted by Gasteiger charge is 2.22. The van der Waals surface area contributed by atoms with Gasteiger partial charge in [0.1, 0.15) is 0 Å². The van der Waals surface area contributed by atoms with Crippen molar-refractivity contribution >= 4 is 34.3 Å². The van der Waals surface area contributed by atoms with Crippen LogP contribution in [0.3, 0.4) is 0 Å². The van der Waals surface area contributed by atoms with Gasteiger partial charge in [0.05, 0.1) is 41.1 Å². The van der Waals surface area contributed by atoms with Crippen molar-refractivity contribution in [2.75, 3.05) is 13.7 Å². The molecule has 1 aliphatic rings. The largest absolute Gasteiger partial charge is 0.465 e. The smallest absolute Gasteiger partial charge is 0.337 e. The molecule has 0 unspecified atom stereocenters. The first kappa shape index (κ1) is 22.9. The van der Waals surface area contributed by atoms with E-state index in [0.29, 0.717) is 34.8 Å². The van der Waals surface area contributed by atoms with Gasteiger partial charge in [-0.1, -0.05) is 23.9 Å². The second-order valence-corrected chi connectivity index (χ2v) is 9.09. The predicted octanol–water partition coefficient (Wildman–Crippen LogP) is 4.12. The number of hydrogen-bond acceptors (Lipinski definition) is 8. The molecule has 4 rings (SSSR count). The lowest BCUT2D eigenvalue weighted by molar-refractivity contribution is -0.384. The van der Waals surface area contributed by atoms with Crippen LogP contribution in [0.4, 0.5) is 5.69 Å². The van der Waals surface area contributed by atoms with E-state index in [9.17, 15) is 19.7 Å². The van der Waals surface area contributed by atoms with Gasteiger partial charge in [-0.2, -0.15) is 0 Å². The normalized spacial score (nSPS) is 16.6. The first-order valence-electron chi connectivity index (χ1n) is 10.5. The number of fused-ring (bicyclic) bond motifs is 1. The summed E-state index contributed by atoms with van der Waals surface area (Å²) in [5, 5.41) is 11.8. The number of non-ortho nitro benzene ring substituents is 1. The summed E-state index contributed by atoms with van der Waals surface area (Å²) in [6, 6.07) is 11.1. The molecule has 0 N–H and O–H groups in total. The van der Waals surface area contributed by atoms with Crippen molar-refractivity contribution in [3.05, 3.63) is 74.1 Å². The Morgan fingerprint density at radius 3 is 2.88 bits per heavy atom. The first-order valence-corrected chi connectivity index (χ1v) is 11.4. The second-order valence-electron chi connectivity index (χ2n) is 7.78. The molecule has 1 fully saturated rings. The fourth-order valence-corrected chi connectivity index (χ4v) is 4.84. The van der Waals surface area contributed by atoms with E-state index >= 15 is 0 Å². The molecular formula is C23H23N3O6S. The fourth-order valence-electron chi connectivity index (χ4n) is 3.81. The highest BCUT2D eigenvalue weighted by atomic mass is 32.2. The van der Waals surface area contributed by atoms with E-state index < -0.39 is 10.9 Å². The van der Waals surface area contributed by atoms with Gasteiger partial charge in [0.2, 0.25) is 0 Å². The lowest BCUT2D eigenvalue weighted by atomic mass is 10.1. The van der Waals surface area contributed by atoms with Gasteiger partial charge in [0, 0.05) is 24.0 Å². The molecule has 172 valence electrons. The molecule has 0 aliphatic carbocycles. The van der Waals surface area contributed by atoms with E-state index in [1.165, 1.54) is 31.0 Å². The predicted molar refractivity (Wildman–Crippen MR) is 124 cm³/mol. The minimum atomic E-state index is -0.513. The summed E-state index contributed by atoms with van der Waals surface area (Å²) in [7, 11) is 1.29. The number of nitro groups is 1. The van der Waals surface area contributed by atoms with Crippen molar-refractivity contribution in [2.45, 2.75) is 42.8 Å². The summed E-state index contributed by atoms with van der Waals surface area (Å²) in [6.45, 7) is 2.93. The molecule has 9 nitrogen and oxygen atoms in total. The maximum atomic E-state index is 13.4. The highest BCUT2D eigenvalue weighted by Crippen LogP contribution is 2.35. The van der Waals surface area contributed by atoms with E-state index in [1.807, 2.05) is 13.0 Å². The minimum absolute atomic E-state index is 0.00545. The Hall–Kier alpha value is -3.24. The number of esters is 1. The molecular weight excluding hydrogens is 446 g/mol. The third-order valence-corrected chi connectivity index (χ3v) is 6.73. The zero-order chi connectivity index (χ0) is 23.5. The molecule has 2 atom stereocenters. The van der Waals surface area contributed by atoms with Gasteiger partial charge in [-0.3, -0.25) is 19.5 Å². The Bertz CT molecular complexity index is 1270. The number of carbonyl (C=O) groups excluding carboxylic acids is 1. The lowest BCUT2D eigenvalue weighted by Gasteiger charge is -2.19. The molecule has 1 saturated heterocycles. The molecule has 33 heavy (non-hydrogen) atoms. The number of methoxy groups -OCH3 is 1.